The van der Waals surface area contributed by atoms with Crippen LogP contribution >= 0.6 is 0 Å². The van der Waals surface area contributed by atoms with Crippen molar-refractivity contribution in [3.05, 3.63) is 65.7 Å². The van der Waals surface area contributed by atoms with Crippen LogP contribution < -0.4 is 5.73 Å². The van der Waals surface area contributed by atoms with Crippen LogP contribution in [0.1, 0.15) is 42.7 Å². The zero-order chi connectivity index (χ0) is 14.0. The first-order valence-electron chi connectivity index (χ1n) is 7.13. The van der Waals surface area contributed by atoms with Gasteiger partial charge in [0, 0.05) is 17.3 Å². The molecule has 2 aromatic rings. The lowest BCUT2D eigenvalue weighted by Gasteiger charge is -2.37. The van der Waals surface area contributed by atoms with E-state index < -0.39 is 5.54 Å². The molecule has 0 radical (unpaired) electrons. The molecule has 0 bridgehead atoms. The number of rotatable bonds is 2. The molecule has 0 spiro atoms. The van der Waals surface area contributed by atoms with Gasteiger partial charge in [0.05, 0.1) is 6.20 Å². The summed E-state index contributed by atoms with van der Waals surface area (Å²) < 4.78 is 13.9. The highest BCUT2D eigenvalue weighted by Crippen LogP contribution is 2.42. The molecule has 1 heterocycles. The molecule has 1 fully saturated rings. The summed E-state index contributed by atoms with van der Waals surface area (Å²) >= 11 is 0. The second-order valence-electron chi connectivity index (χ2n) is 5.70. The first-order chi connectivity index (χ1) is 9.69. The molecule has 1 saturated carbocycles. The lowest BCUT2D eigenvalue weighted by Crippen LogP contribution is -2.40. The third kappa shape index (κ3) is 2.46. The highest BCUT2D eigenvalue weighted by molar-refractivity contribution is 5.26. The Bertz CT molecular complexity index is 575. The minimum absolute atomic E-state index is 0.284. The maximum atomic E-state index is 13.9. The lowest BCUT2D eigenvalue weighted by molar-refractivity contribution is 0.269. The van der Waals surface area contributed by atoms with E-state index in [1.54, 1.807) is 12.3 Å². The molecule has 0 atom stereocenters. The van der Waals surface area contributed by atoms with E-state index >= 15 is 0 Å². The molecule has 3 rings (SSSR count). The number of aromatic nitrogens is 1. The van der Waals surface area contributed by atoms with Crippen LogP contribution in [-0.2, 0) is 5.54 Å². The van der Waals surface area contributed by atoms with Gasteiger partial charge in [-0.05, 0) is 43.2 Å². The van der Waals surface area contributed by atoms with Gasteiger partial charge in [-0.2, -0.15) is 0 Å². The van der Waals surface area contributed by atoms with Crippen molar-refractivity contribution in [2.24, 2.45) is 5.73 Å². The van der Waals surface area contributed by atoms with E-state index in [4.69, 9.17) is 5.73 Å². The van der Waals surface area contributed by atoms with Crippen molar-refractivity contribution in [2.75, 3.05) is 0 Å². The second kappa shape index (κ2) is 5.33. The summed E-state index contributed by atoms with van der Waals surface area (Å²) in [5.74, 6) is 0.255. The third-order valence-electron chi connectivity index (χ3n) is 4.46. The van der Waals surface area contributed by atoms with E-state index in [9.17, 15) is 4.39 Å². The minimum Gasteiger partial charge on any atom is -0.321 e. The molecule has 0 amide bonds. The average molecular weight is 270 g/mol. The molecule has 3 heteroatoms. The average Bonchev–Trinajstić information content (AvgIpc) is 2.49. The topological polar surface area (TPSA) is 38.9 Å². The molecule has 20 heavy (non-hydrogen) atoms. The second-order valence-corrected chi connectivity index (χ2v) is 5.70. The number of benzene rings is 1. The Labute approximate surface area is 118 Å². The summed E-state index contributed by atoms with van der Waals surface area (Å²) in [6.07, 6.45) is 6.51. The first kappa shape index (κ1) is 13.3. The molecule has 104 valence electrons. The molecule has 1 aliphatic rings. The van der Waals surface area contributed by atoms with E-state index in [2.05, 4.69) is 29.2 Å². The van der Waals surface area contributed by atoms with Crippen molar-refractivity contribution >= 4 is 0 Å². The smallest absolute Gasteiger partial charge is 0.146 e. The standard InChI is InChI=1S/C17H19FN2/c18-16-12-20-11-8-15(16)17(19)9-6-14(7-10-17)13-4-2-1-3-5-13/h1-5,8,11-12,14H,6-7,9-10,19H2. The Kier molecular flexibility index (Phi) is 3.53. The Balaban J connectivity index is 1.77. The van der Waals surface area contributed by atoms with Gasteiger partial charge in [0.15, 0.2) is 0 Å². The van der Waals surface area contributed by atoms with Crippen LogP contribution in [-0.4, -0.2) is 4.98 Å². The van der Waals surface area contributed by atoms with E-state index in [1.165, 1.54) is 11.8 Å². The molecule has 0 saturated heterocycles. The summed E-state index contributed by atoms with van der Waals surface area (Å²) in [4.78, 5) is 3.80. The zero-order valence-corrected chi connectivity index (χ0v) is 11.4. The zero-order valence-electron chi connectivity index (χ0n) is 11.4. The number of nitrogens with zero attached hydrogens (tertiary/aromatic N) is 1. The van der Waals surface area contributed by atoms with Gasteiger partial charge in [0.2, 0.25) is 0 Å². The van der Waals surface area contributed by atoms with E-state index in [-0.39, 0.29) is 5.82 Å². The summed E-state index contributed by atoms with van der Waals surface area (Å²) in [6.45, 7) is 0. The van der Waals surface area contributed by atoms with Gasteiger partial charge in [-0.25, -0.2) is 4.39 Å². The summed E-state index contributed by atoms with van der Waals surface area (Å²) in [7, 11) is 0. The van der Waals surface area contributed by atoms with Crippen molar-refractivity contribution < 1.29 is 4.39 Å². The first-order valence-corrected chi connectivity index (χ1v) is 7.13. The predicted octanol–water partition coefficient (Wildman–Crippen LogP) is 3.73. The normalized spacial score (nSPS) is 26.4. The van der Waals surface area contributed by atoms with Crippen molar-refractivity contribution in [1.82, 2.24) is 4.98 Å². The van der Waals surface area contributed by atoms with E-state index in [1.807, 2.05) is 6.07 Å². The fourth-order valence-corrected chi connectivity index (χ4v) is 3.24. The Morgan fingerprint density at radius 2 is 1.80 bits per heavy atom. The van der Waals surface area contributed by atoms with Crippen LogP contribution in [0.2, 0.25) is 0 Å². The molecule has 1 aromatic carbocycles. The van der Waals surface area contributed by atoms with Crippen LogP contribution in [0.5, 0.6) is 0 Å². The fourth-order valence-electron chi connectivity index (χ4n) is 3.24. The largest absolute Gasteiger partial charge is 0.321 e. The SMILES string of the molecule is NC1(c2ccncc2F)CCC(c2ccccc2)CC1. The fraction of sp³-hybridized carbons (Fsp3) is 0.353. The Hall–Kier alpha value is -1.74. The van der Waals surface area contributed by atoms with Crippen molar-refractivity contribution in [1.29, 1.82) is 0 Å². The summed E-state index contributed by atoms with van der Waals surface area (Å²) in [5.41, 5.74) is 7.89. The number of halogens is 1. The lowest BCUT2D eigenvalue weighted by atomic mass is 9.71. The molecule has 2 nitrogen and oxygen atoms in total. The van der Waals surface area contributed by atoms with Crippen molar-refractivity contribution in [3.8, 4) is 0 Å². The van der Waals surface area contributed by atoms with Crippen LogP contribution in [0.3, 0.4) is 0 Å². The molecule has 1 aliphatic carbocycles. The predicted molar refractivity (Wildman–Crippen MR) is 77.7 cm³/mol. The molecule has 0 unspecified atom stereocenters. The van der Waals surface area contributed by atoms with Gasteiger partial charge in [-0.3, -0.25) is 4.98 Å². The van der Waals surface area contributed by atoms with Crippen molar-refractivity contribution in [2.45, 2.75) is 37.1 Å². The maximum Gasteiger partial charge on any atom is 0.146 e. The minimum atomic E-state index is -0.543. The van der Waals surface area contributed by atoms with E-state index in [0.29, 0.717) is 11.5 Å². The Morgan fingerprint density at radius 1 is 1.10 bits per heavy atom. The van der Waals surface area contributed by atoms with Crippen molar-refractivity contribution in [3.63, 3.8) is 0 Å². The van der Waals surface area contributed by atoms with Crippen LogP contribution in [0.15, 0.2) is 48.8 Å². The summed E-state index contributed by atoms with van der Waals surface area (Å²) in [6, 6.07) is 12.2. The quantitative estimate of drug-likeness (QED) is 0.903. The van der Waals surface area contributed by atoms with Gasteiger partial charge in [-0.1, -0.05) is 30.3 Å². The van der Waals surface area contributed by atoms with E-state index in [0.717, 1.165) is 25.7 Å². The van der Waals surface area contributed by atoms with Gasteiger partial charge in [0.25, 0.3) is 0 Å². The number of hydrogen-bond donors (Lipinski definition) is 1. The van der Waals surface area contributed by atoms with Crippen LogP contribution in [0.4, 0.5) is 4.39 Å². The number of pyridine rings is 1. The maximum absolute atomic E-state index is 13.9. The molecular weight excluding hydrogens is 251 g/mol. The van der Waals surface area contributed by atoms with Gasteiger partial charge in [0.1, 0.15) is 5.82 Å². The highest BCUT2D eigenvalue weighted by Gasteiger charge is 2.35. The molecule has 2 N–H and O–H groups in total. The van der Waals surface area contributed by atoms with Gasteiger partial charge in [-0.15, -0.1) is 0 Å². The molecule has 1 aromatic heterocycles. The molecule has 0 aliphatic heterocycles. The monoisotopic (exact) mass is 270 g/mol. The Morgan fingerprint density at radius 3 is 2.45 bits per heavy atom. The van der Waals surface area contributed by atoms with Crippen LogP contribution in [0, 0.1) is 5.82 Å². The molecular formula is C17H19FN2. The third-order valence-corrected chi connectivity index (χ3v) is 4.46. The number of nitrogens with two attached hydrogens (primary N) is 1. The highest BCUT2D eigenvalue weighted by atomic mass is 19.1. The van der Waals surface area contributed by atoms with Gasteiger partial charge >= 0.3 is 0 Å². The van der Waals surface area contributed by atoms with Crippen LogP contribution in [0.25, 0.3) is 0 Å². The summed E-state index contributed by atoms with van der Waals surface area (Å²) in [5, 5.41) is 0. The van der Waals surface area contributed by atoms with Gasteiger partial charge < -0.3 is 5.73 Å². The number of hydrogen-bond acceptors (Lipinski definition) is 2.